The molecule has 1 saturated heterocycles. The maximum Gasteiger partial charge on any atom is 0.253 e. The molecule has 3 aromatic rings. The molecule has 0 bridgehead atoms. The number of hydrogen-bond acceptors (Lipinski definition) is 2. The Morgan fingerprint density at radius 1 is 1.08 bits per heavy atom. The monoisotopic (exact) mass is 347 g/mol. The molecule has 26 heavy (non-hydrogen) atoms. The zero-order valence-corrected chi connectivity index (χ0v) is 15.5. The van der Waals surface area contributed by atoms with E-state index in [0.717, 1.165) is 54.7 Å². The molecule has 0 radical (unpaired) electrons. The van der Waals surface area contributed by atoms with E-state index in [2.05, 4.69) is 33.8 Å². The maximum atomic E-state index is 12.8. The second-order valence-corrected chi connectivity index (χ2v) is 7.50. The Morgan fingerprint density at radius 2 is 1.77 bits per heavy atom. The summed E-state index contributed by atoms with van der Waals surface area (Å²) >= 11 is 0. The lowest BCUT2D eigenvalue weighted by Gasteiger charge is -2.32. The molecule has 0 aliphatic carbocycles. The van der Waals surface area contributed by atoms with Crippen molar-refractivity contribution >= 4 is 16.9 Å². The van der Waals surface area contributed by atoms with Crippen molar-refractivity contribution in [3.8, 4) is 0 Å². The van der Waals surface area contributed by atoms with Crippen LogP contribution in [0.25, 0.3) is 11.0 Å². The number of imidazole rings is 1. The van der Waals surface area contributed by atoms with Gasteiger partial charge in [0.2, 0.25) is 0 Å². The summed E-state index contributed by atoms with van der Waals surface area (Å²) in [6, 6.07) is 14.4. The number of benzene rings is 2. The molecule has 1 aromatic heterocycles. The zero-order valence-electron chi connectivity index (χ0n) is 15.5. The van der Waals surface area contributed by atoms with Crippen LogP contribution in [0, 0.1) is 19.8 Å². The third-order valence-corrected chi connectivity index (χ3v) is 5.35. The molecule has 0 spiro atoms. The van der Waals surface area contributed by atoms with Crippen LogP contribution in [-0.2, 0) is 6.54 Å². The van der Waals surface area contributed by atoms with Gasteiger partial charge in [-0.15, -0.1) is 0 Å². The van der Waals surface area contributed by atoms with Crippen molar-refractivity contribution in [3.05, 3.63) is 65.5 Å². The number of hydrogen-bond donors (Lipinski definition) is 0. The van der Waals surface area contributed by atoms with Gasteiger partial charge in [0, 0.05) is 25.2 Å². The molecule has 2 aromatic carbocycles. The Balaban J connectivity index is 1.40. The number of carbonyl (C=O) groups is 1. The summed E-state index contributed by atoms with van der Waals surface area (Å²) in [4.78, 5) is 19.3. The van der Waals surface area contributed by atoms with E-state index in [1.807, 2.05) is 43.3 Å². The number of para-hydroxylation sites is 2. The second kappa shape index (κ2) is 6.94. The van der Waals surface area contributed by atoms with E-state index in [9.17, 15) is 4.79 Å². The van der Waals surface area contributed by atoms with Crippen LogP contribution in [0.1, 0.15) is 34.3 Å². The summed E-state index contributed by atoms with van der Waals surface area (Å²) < 4.78 is 2.25. The quantitative estimate of drug-likeness (QED) is 0.712. The van der Waals surface area contributed by atoms with Gasteiger partial charge in [-0.2, -0.15) is 0 Å². The average Bonchev–Trinajstić information content (AvgIpc) is 3.04. The number of nitrogens with zero attached hydrogens (tertiary/aromatic N) is 3. The third kappa shape index (κ3) is 3.36. The molecule has 0 N–H and O–H groups in total. The highest BCUT2D eigenvalue weighted by Crippen LogP contribution is 2.23. The summed E-state index contributed by atoms with van der Waals surface area (Å²) in [6.45, 7) is 6.75. The Kier molecular flexibility index (Phi) is 4.49. The summed E-state index contributed by atoms with van der Waals surface area (Å²) in [6.07, 6.45) is 4.03. The van der Waals surface area contributed by atoms with E-state index < -0.39 is 0 Å². The highest BCUT2D eigenvalue weighted by molar-refractivity contribution is 5.94. The van der Waals surface area contributed by atoms with E-state index in [4.69, 9.17) is 0 Å². The Morgan fingerprint density at radius 3 is 2.50 bits per heavy atom. The first-order valence-electron chi connectivity index (χ1n) is 9.37. The number of amides is 1. The fourth-order valence-electron chi connectivity index (χ4n) is 4.03. The lowest BCUT2D eigenvalue weighted by atomic mass is 9.95. The van der Waals surface area contributed by atoms with Crippen molar-refractivity contribution in [1.29, 1.82) is 0 Å². The molecule has 2 heterocycles. The van der Waals surface area contributed by atoms with Gasteiger partial charge in [0.05, 0.1) is 17.4 Å². The minimum Gasteiger partial charge on any atom is -0.339 e. The molecular weight excluding hydrogens is 322 g/mol. The first-order chi connectivity index (χ1) is 12.6. The Labute approximate surface area is 154 Å². The maximum absolute atomic E-state index is 12.8. The van der Waals surface area contributed by atoms with Gasteiger partial charge >= 0.3 is 0 Å². The van der Waals surface area contributed by atoms with Crippen molar-refractivity contribution < 1.29 is 4.79 Å². The van der Waals surface area contributed by atoms with Crippen LogP contribution < -0.4 is 0 Å². The van der Waals surface area contributed by atoms with Gasteiger partial charge in [-0.3, -0.25) is 4.79 Å². The first kappa shape index (κ1) is 16.8. The van der Waals surface area contributed by atoms with E-state index in [-0.39, 0.29) is 5.91 Å². The smallest absolute Gasteiger partial charge is 0.253 e. The number of aromatic nitrogens is 2. The molecule has 4 nitrogen and oxygen atoms in total. The molecule has 1 aliphatic heterocycles. The minimum absolute atomic E-state index is 0.170. The number of likely N-dealkylation sites (tertiary alicyclic amines) is 1. The number of fused-ring (bicyclic) bond motifs is 1. The molecule has 0 saturated carbocycles. The predicted octanol–water partition coefficient (Wildman–Crippen LogP) is 4.21. The van der Waals surface area contributed by atoms with Gasteiger partial charge in [0.15, 0.2) is 0 Å². The standard InChI is InChI=1S/C22H25N3O/c1-16-11-17(2)13-19(12-16)22(26)24-9-7-18(8-10-24)14-25-15-23-20-5-3-4-6-21(20)25/h3-6,11-13,15,18H,7-10,14H2,1-2H3. The summed E-state index contributed by atoms with van der Waals surface area (Å²) in [5.74, 6) is 0.763. The first-order valence-corrected chi connectivity index (χ1v) is 9.37. The normalized spacial score (nSPS) is 15.5. The SMILES string of the molecule is Cc1cc(C)cc(C(=O)N2CCC(Cn3cnc4ccccc43)CC2)c1. The van der Waals surface area contributed by atoms with Crippen LogP contribution in [-0.4, -0.2) is 33.4 Å². The average molecular weight is 347 g/mol. The number of piperidine rings is 1. The predicted molar refractivity (Wildman–Crippen MR) is 104 cm³/mol. The van der Waals surface area contributed by atoms with Crippen LogP contribution in [0.2, 0.25) is 0 Å². The van der Waals surface area contributed by atoms with Gasteiger partial charge in [0.25, 0.3) is 5.91 Å². The fraction of sp³-hybridized carbons (Fsp3) is 0.364. The van der Waals surface area contributed by atoms with Gasteiger partial charge < -0.3 is 9.47 Å². The molecular formula is C22H25N3O. The van der Waals surface area contributed by atoms with Crippen LogP contribution in [0.5, 0.6) is 0 Å². The van der Waals surface area contributed by atoms with Gasteiger partial charge in [-0.1, -0.05) is 29.3 Å². The van der Waals surface area contributed by atoms with Crippen LogP contribution in [0.15, 0.2) is 48.8 Å². The molecule has 134 valence electrons. The summed E-state index contributed by atoms with van der Waals surface area (Å²) in [7, 11) is 0. The van der Waals surface area contributed by atoms with Crippen molar-refractivity contribution in [3.63, 3.8) is 0 Å². The summed E-state index contributed by atoms with van der Waals surface area (Å²) in [5.41, 5.74) is 5.36. The van der Waals surface area contributed by atoms with Crippen LogP contribution in [0.3, 0.4) is 0 Å². The van der Waals surface area contributed by atoms with Crippen molar-refractivity contribution in [2.24, 2.45) is 5.92 Å². The fourth-order valence-corrected chi connectivity index (χ4v) is 4.03. The highest BCUT2D eigenvalue weighted by Gasteiger charge is 2.24. The van der Waals surface area contributed by atoms with Gasteiger partial charge in [-0.05, 0) is 56.9 Å². The Bertz CT molecular complexity index is 915. The van der Waals surface area contributed by atoms with E-state index in [1.54, 1.807) is 0 Å². The number of aryl methyl sites for hydroxylation is 2. The molecule has 1 amide bonds. The lowest BCUT2D eigenvalue weighted by Crippen LogP contribution is -2.39. The summed E-state index contributed by atoms with van der Waals surface area (Å²) in [5, 5.41) is 0. The van der Waals surface area contributed by atoms with Crippen LogP contribution in [0.4, 0.5) is 0 Å². The highest BCUT2D eigenvalue weighted by atomic mass is 16.2. The Hall–Kier alpha value is -2.62. The third-order valence-electron chi connectivity index (χ3n) is 5.35. The van der Waals surface area contributed by atoms with Crippen molar-refractivity contribution in [2.45, 2.75) is 33.2 Å². The lowest BCUT2D eigenvalue weighted by molar-refractivity contribution is 0.0683. The van der Waals surface area contributed by atoms with Gasteiger partial charge in [-0.25, -0.2) is 4.98 Å². The van der Waals surface area contributed by atoms with Crippen molar-refractivity contribution in [2.75, 3.05) is 13.1 Å². The van der Waals surface area contributed by atoms with Crippen LogP contribution >= 0.6 is 0 Å². The molecule has 4 rings (SSSR count). The zero-order chi connectivity index (χ0) is 18.1. The largest absolute Gasteiger partial charge is 0.339 e. The second-order valence-electron chi connectivity index (χ2n) is 7.50. The molecule has 4 heteroatoms. The van der Waals surface area contributed by atoms with Gasteiger partial charge in [0.1, 0.15) is 0 Å². The van der Waals surface area contributed by atoms with E-state index in [0.29, 0.717) is 5.92 Å². The van der Waals surface area contributed by atoms with E-state index >= 15 is 0 Å². The number of rotatable bonds is 3. The van der Waals surface area contributed by atoms with E-state index in [1.165, 1.54) is 5.52 Å². The molecule has 0 unspecified atom stereocenters. The number of carbonyl (C=O) groups excluding carboxylic acids is 1. The topological polar surface area (TPSA) is 38.1 Å². The van der Waals surface area contributed by atoms with Crippen molar-refractivity contribution in [1.82, 2.24) is 14.5 Å². The molecule has 1 fully saturated rings. The molecule has 1 aliphatic rings. The minimum atomic E-state index is 0.170. The molecule has 0 atom stereocenters.